The first-order valence-corrected chi connectivity index (χ1v) is 7.29. The number of hydrogen-bond donors (Lipinski definition) is 1. The van der Waals surface area contributed by atoms with Crippen LogP contribution in [0.2, 0.25) is 0 Å². The second-order valence-electron chi connectivity index (χ2n) is 5.41. The lowest BCUT2D eigenvalue weighted by molar-refractivity contribution is 0.480. The fraction of sp³-hybridized carbons (Fsp3) is 0.471. The molecule has 1 heterocycles. The number of rotatable bonds is 6. The van der Waals surface area contributed by atoms with Crippen LogP contribution >= 0.6 is 0 Å². The Balaban J connectivity index is 2.15. The molecular formula is C17H24N2. The van der Waals surface area contributed by atoms with Crippen molar-refractivity contribution >= 4 is 10.9 Å². The van der Waals surface area contributed by atoms with Gasteiger partial charge < -0.3 is 5.32 Å². The van der Waals surface area contributed by atoms with Crippen LogP contribution < -0.4 is 5.32 Å². The van der Waals surface area contributed by atoms with Crippen LogP contribution in [-0.4, -0.2) is 17.6 Å². The summed E-state index contributed by atoms with van der Waals surface area (Å²) in [6.07, 6.45) is 4.22. The first-order chi connectivity index (χ1) is 9.22. The predicted octanol–water partition coefficient (Wildman–Crippen LogP) is 4.12. The molecule has 0 saturated heterocycles. The number of pyridine rings is 1. The van der Waals surface area contributed by atoms with Crippen molar-refractivity contribution in [1.29, 1.82) is 0 Å². The van der Waals surface area contributed by atoms with Crippen molar-refractivity contribution in [1.82, 2.24) is 10.3 Å². The minimum Gasteiger partial charge on any atom is -0.314 e. The molecule has 1 aromatic heterocycles. The van der Waals surface area contributed by atoms with Gasteiger partial charge in [0.25, 0.3) is 0 Å². The smallest absolute Gasteiger partial charge is 0.0704 e. The Morgan fingerprint density at radius 3 is 2.79 bits per heavy atom. The van der Waals surface area contributed by atoms with Crippen LogP contribution in [0.25, 0.3) is 10.9 Å². The van der Waals surface area contributed by atoms with E-state index in [4.69, 9.17) is 0 Å². The Bertz CT molecular complexity index is 516. The highest BCUT2D eigenvalue weighted by Crippen LogP contribution is 2.27. The van der Waals surface area contributed by atoms with Gasteiger partial charge in [-0.1, -0.05) is 32.0 Å². The van der Waals surface area contributed by atoms with Crippen molar-refractivity contribution < 1.29 is 0 Å². The largest absolute Gasteiger partial charge is 0.314 e. The molecule has 0 fully saturated rings. The molecule has 2 rings (SSSR count). The molecule has 0 spiro atoms. The third kappa shape index (κ3) is 3.54. The van der Waals surface area contributed by atoms with Gasteiger partial charge in [0.2, 0.25) is 0 Å². The van der Waals surface area contributed by atoms with E-state index in [1.165, 1.54) is 17.4 Å². The number of benzene rings is 1. The third-order valence-corrected chi connectivity index (χ3v) is 3.66. The van der Waals surface area contributed by atoms with Crippen LogP contribution in [-0.2, 0) is 0 Å². The lowest BCUT2D eigenvalue weighted by atomic mass is 9.91. The molecular weight excluding hydrogens is 232 g/mol. The van der Waals surface area contributed by atoms with Crippen LogP contribution in [0.3, 0.4) is 0 Å². The second-order valence-corrected chi connectivity index (χ2v) is 5.41. The van der Waals surface area contributed by atoms with Crippen LogP contribution in [0.4, 0.5) is 0 Å². The highest BCUT2D eigenvalue weighted by molar-refractivity contribution is 5.82. The van der Waals surface area contributed by atoms with Crippen LogP contribution in [0.15, 0.2) is 36.5 Å². The summed E-state index contributed by atoms with van der Waals surface area (Å²) in [5, 5.41) is 4.86. The Morgan fingerprint density at radius 2 is 2.00 bits per heavy atom. The van der Waals surface area contributed by atoms with E-state index in [0.29, 0.717) is 12.0 Å². The minimum atomic E-state index is 0.548. The molecule has 2 atom stereocenters. The number of hydrogen-bond acceptors (Lipinski definition) is 2. The quantitative estimate of drug-likeness (QED) is 0.841. The molecule has 2 aromatic rings. The monoisotopic (exact) mass is 256 g/mol. The van der Waals surface area contributed by atoms with Gasteiger partial charge >= 0.3 is 0 Å². The van der Waals surface area contributed by atoms with Crippen LogP contribution in [0, 0.1) is 0 Å². The molecule has 0 aliphatic heterocycles. The van der Waals surface area contributed by atoms with Gasteiger partial charge in [0.15, 0.2) is 0 Å². The van der Waals surface area contributed by atoms with Crippen molar-refractivity contribution in [2.75, 3.05) is 6.54 Å². The summed E-state index contributed by atoms with van der Waals surface area (Å²) >= 11 is 0. The highest BCUT2D eigenvalue weighted by atomic mass is 14.9. The summed E-state index contributed by atoms with van der Waals surface area (Å²) in [6.45, 7) is 7.89. The minimum absolute atomic E-state index is 0.548. The Morgan fingerprint density at radius 1 is 1.16 bits per heavy atom. The number of nitrogens with zero attached hydrogens (tertiary/aromatic N) is 1. The van der Waals surface area contributed by atoms with Gasteiger partial charge in [-0.3, -0.25) is 4.98 Å². The molecule has 2 unspecified atom stereocenters. The summed E-state index contributed by atoms with van der Waals surface area (Å²) in [5.41, 5.74) is 2.51. The molecule has 0 amide bonds. The van der Waals surface area contributed by atoms with Gasteiger partial charge in [-0.25, -0.2) is 0 Å². The lowest BCUT2D eigenvalue weighted by Gasteiger charge is -2.20. The molecule has 1 N–H and O–H groups in total. The fourth-order valence-corrected chi connectivity index (χ4v) is 2.69. The first kappa shape index (κ1) is 14.0. The normalized spacial score (nSPS) is 14.5. The van der Waals surface area contributed by atoms with Gasteiger partial charge in [-0.15, -0.1) is 0 Å². The van der Waals surface area contributed by atoms with Crippen molar-refractivity contribution in [2.24, 2.45) is 0 Å². The first-order valence-electron chi connectivity index (χ1n) is 7.29. The van der Waals surface area contributed by atoms with Crippen LogP contribution in [0.5, 0.6) is 0 Å². The van der Waals surface area contributed by atoms with Gasteiger partial charge in [0.1, 0.15) is 0 Å². The molecule has 0 bridgehead atoms. The fourth-order valence-electron chi connectivity index (χ4n) is 2.69. The maximum Gasteiger partial charge on any atom is 0.0704 e. The zero-order chi connectivity index (χ0) is 13.7. The summed E-state index contributed by atoms with van der Waals surface area (Å²) in [5.74, 6) is 0.548. The van der Waals surface area contributed by atoms with E-state index in [1.807, 2.05) is 12.3 Å². The van der Waals surface area contributed by atoms with E-state index in [0.717, 1.165) is 18.5 Å². The molecule has 0 aliphatic rings. The second kappa shape index (κ2) is 6.67. The molecule has 102 valence electrons. The molecule has 0 aliphatic carbocycles. The molecule has 0 radical (unpaired) electrons. The van der Waals surface area contributed by atoms with E-state index < -0.39 is 0 Å². The molecule has 2 heteroatoms. The number of fused-ring (bicyclic) bond motifs is 1. The predicted molar refractivity (Wildman–Crippen MR) is 82.5 cm³/mol. The van der Waals surface area contributed by atoms with E-state index in [2.05, 4.69) is 55.3 Å². The van der Waals surface area contributed by atoms with E-state index in [-0.39, 0.29) is 0 Å². The summed E-state index contributed by atoms with van der Waals surface area (Å²) in [4.78, 5) is 4.44. The lowest BCUT2D eigenvalue weighted by Crippen LogP contribution is -2.28. The Labute approximate surface area is 116 Å². The molecule has 2 nitrogen and oxygen atoms in total. The van der Waals surface area contributed by atoms with Crippen molar-refractivity contribution in [2.45, 2.75) is 45.6 Å². The maximum absolute atomic E-state index is 4.44. The Hall–Kier alpha value is -1.41. The van der Waals surface area contributed by atoms with Crippen molar-refractivity contribution in [3.63, 3.8) is 0 Å². The van der Waals surface area contributed by atoms with Gasteiger partial charge in [0.05, 0.1) is 5.52 Å². The molecule has 19 heavy (non-hydrogen) atoms. The standard InChI is InChI=1S/C17H24N2/c1-4-10-18-14(3)12-13(2)15-7-5-9-17-16(15)8-6-11-19-17/h5-9,11,13-14,18H,4,10,12H2,1-3H3. The Kier molecular flexibility index (Phi) is 4.92. The highest BCUT2D eigenvalue weighted by Gasteiger charge is 2.12. The summed E-state index contributed by atoms with van der Waals surface area (Å²) < 4.78 is 0. The summed E-state index contributed by atoms with van der Waals surface area (Å²) in [6, 6.07) is 11.2. The third-order valence-electron chi connectivity index (χ3n) is 3.66. The van der Waals surface area contributed by atoms with Crippen molar-refractivity contribution in [3.8, 4) is 0 Å². The van der Waals surface area contributed by atoms with E-state index >= 15 is 0 Å². The molecule has 0 saturated carbocycles. The van der Waals surface area contributed by atoms with Gasteiger partial charge in [-0.2, -0.15) is 0 Å². The average molecular weight is 256 g/mol. The zero-order valence-electron chi connectivity index (χ0n) is 12.2. The van der Waals surface area contributed by atoms with Gasteiger partial charge in [-0.05, 0) is 49.9 Å². The van der Waals surface area contributed by atoms with E-state index in [1.54, 1.807) is 0 Å². The van der Waals surface area contributed by atoms with E-state index in [9.17, 15) is 0 Å². The number of aromatic nitrogens is 1. The van der Waals surface area contributed by atoms with Crippen molar-refractivity contribution in [3.05, 3.63) is 42.1 Å². The topological polar surface area (TPSA) is 24.9 Å². The zero-order valence-corrected chi connectivity index (χ0v) is 12.2. The SMILES string of the molecule is CCCNC(C)CC(C)c1cccc2ncccc12. The van der Waals surface area contributed by atoms with Crippen LogP contribution in [0.1, 0.15) is 45.1 Å². The van der Waals surface area contributed by atoms with Gasteiger partial charge in [0, 0.05) is 17.6 Å². The maximum atomic E-state index is 4.44. The summed E-state index contributed by atoms with van der Waals surface area (Å²) in [7, 11) is 0. The molecule has 1 aromatic carbocycles. The average Bonchev–Trinajstić information content (AvgIpc) is 2.44. The number of nitrogens with one attached hydrogen (secondary N) is 1.